The standard InChI is InChI=1S/C25H22ClNO7/c1-11-7-15-19(14(9-18(29)27-15)12-5-4-6-13(28)8-12)23(30)25(11)24(31)20-16(32-2)10-17(33-3)21(26)22(20)34-25/h4-6,8,10-11,14,28H,7,9H2,1-3H3,(H,27,29)/t11-,14-,25+/m1/s1. The van der Waals surface area contributed by atoms with Crippen LogP contribution in [0.4, 0.5) is 0 Å². The summed E-state index contributed by atoms with van der Waals surface area (Å²) in [4.78, 5) is 40.6. The summed E-state index contributed by atoms with van der Waals surface area (Å²) in [6.07, 6.45) is 0.233. The summed E-state index contributed by atoms with van der Waals surface area (Å²) in [5.74, 6) is -2.05. The lowest BCUT2D eigenvalue weighted by molar-refractivity contribution is -0.131. The highest BCUT2D eigenvalue weighted by Crippen LogP contribution is 2.55. The van der Waals surface area contributed by atoms with Crippen LogP contribution in [0.3, 0.4) is 0 Å². The van der Waals surface area contributed by atoms with Crippen molar-refractivity contribution in [2.24, 2.45) is 5.92 Å². The molecule has 2 N–H and O–H groups in total. The largest absolute Gasteiger partial charge is 0.508 e. The Balaban J connectivity index is 1.68. The Morgan fingerprint density at radius 2 is 1.82 bits per heavy atom. The van der Waals surface area contributed by atoms with Gasteiger partial charge in [-0.05, 0) is 24.1 Å². The molecule has 0 saturated heterocycles. The number of ether oxygens (including phenoxy) is 3. The number of phenols is 1. The van der Waals surface area contributed by atoms with E-state index in [2.05, 4.69) is 5.32 Å². The van der Waals surface area contributed by atoms with Gasteiger partial charge in [-0.2, -0.15) is 0 Å². The first-order chi connectivity index (χ1) is 16.2. The molecule has 1 spiro atoms. The van der Waals surface area contributed by atoms with Crippen molar-refractivity contribution in [2.45, 2.75) is 31.3 Å². The van der Waals surface area contributed by atoms with Gasteiger partial charge in [0.1, 0.15) is 27.8 Å². The average Bonchev–Trinajstić information content (AvgIpc) is 3.12. The lowest BCUT2D eigenvalue weighted by Crippen LogP contribution is -2.59. The Kier molecular flexibility index (Phi) is 5.09. The second kappa shape index (κ2) is 7.77. The van der Waals surface area contributed by atoms with Crippen LogP contribution in [0.25, 0.3) is 0 Å². The number of aromatic hydroxyl groups is 1. The quantitative estimate of drug-likeness (QED) is 0.642. The zero-order valence-corrected chi connectivity index (χ0v) is 19.5. The zero-order chi connectivity index (χ0) is 24.4. The number of ketones is 2. The number of halogens is 1. The maximum absolute atomic E-state index is 14.2. The molecule has 8 nitrogen and oxygen atoms in total. The molecule has 2 aromatic carbocycles. The van der Waals surface area contributed by atoms with Crippen molar-refractivity contribution in [1.82, 2.24) is 5.32 Å². The molecule has 34 heavy (non-hydrogen) atoms. The van der Waals surface area contributed by atoms with Gasteiger partial charge in [0, 0.05) is 35.6 Å². The van der Waals surface area contributed by atoms with E-state index in [0.29, 0.717) is 16.8 Å². The molecule has 2 aromatic rings. The van der Waals surface area contributed by atoms with Gasteiger partial charge in [0.15, 0.2) is 5.75 Å². The molecular weight excluding hydrogens is 462 g/mol. The minimum absolute atomic E-state index is 0.00245. The highest BCUT2D eigenvalue weighted by molar-refractivity contribution is 6.36. The SMILES string of the molecule is COc1cc(OC)c2c(c1Cl)O[C@@]1(C(=O)C3=C(C[C@H]1C)NC(=O)C[C@@H]3c1cccc(O)c1)C2=O. The van der Waals surface area contributed by atoms with E-state index in [1.807, 2.05) is 0 Å². The molecule has 0 aromatic heterocycles. The number of rotatable bonds is 3. The van der Waals surface area contributed by atoms with Gasteiger partial charge in [0.2, 0.25) is 23.1 Å². The number of fused-ring (bicyclic) bond motifs is 1. The van der Waals surface area contributed by atoms with E-state index in [0.717, 1.165) is 0 Å². The third-order valence-electron chi connectivity index (χ3n) is 6.83. The molecule has 2 heterocycles. The lowest BCUT2D eigenvalue weighted by atomic mass is 9.66. The first kappa shape index (κ1) is 22.3. The van der Waals surface area contributed by atoms with E-state index in [9.17, 15) is 19.5 Å². The molecule has 3 atom stereocenters. The van der Waals surface area contributed by atoms with E-state index in [1.54, 1.807) is 19.1 Å². The summed E-state index contributed by atoms with van der Waals surface area (Å²) in [6.45, 7) is 1.73. The minimum Gasteiger partial charge on any atom is -0.508 e. The van der Waals surface area contributed by atoms with Crippen LogP contribution >= 0.6 is 11.6 Å². The number of Topliss-reactive ketones (excluding diaryl/α,β-unsaturated/α-hetero) is 2. The van der Waals surface area contributed by atoms with Crippen molar-refractivity contribution in [3.8, 4) is 23.0 Å². The van der Waals surface area contributed by atoms with Crippen LogP contribution in [0.2, 0.25) is 5.02 Å². The Morgan fingerprint density at radius 3 is 2.50 bits per heavy atom. The second-order valence-electron chi connectivity index (χ2n) is 8.69. The fourth-order valence-corrected chi connectivity index (χ4v) is 5.48. The van der Waals surface area contributed by atoms with Crippen LogP contribution in [0.5, 0.6) is 23.0 Å². The number of hydrogen-bond acceptors (Lipinski definition) is 7. The molecule has 9 heteroatoms. The van der Waals surface area contributed by atoms with E-state index < -0.39 is 29.0 Å². The number of benzene rings is 2. The third kappa shape index (κ3) is 2.94. The monoisotopic (exact) mass is 483 g/mol. The number of amides is 1. The first-order valence-corrected chi connectivity index (χ1v) is 11.2. The van der Waals surface area contributed by atoms with Crippen molar-refractivity contribution < 1.29 is 33.7 Å². The molecule has 176 valence electrons. The molecule has 0 radical (unpaired) electrons. The summed E-state index contributed by atoms with van der Waals surface area (Å²) in [5.41, 5.74) is -0.407. The second-order valence-corrected chi connectivity index (χ2v) is 9.07. The van der Waals surface area contributed by atoms with Crippen LogP contribution in [0.15, 0.2) is 41.6 Å². The van der Waals surface area contributed by atoms with E-state index in [1.165, 1.54) is 32.4 Å². The van der Waals surface area contributed by atoms with E-state index in [4.69, 9.17) is 25.8 Å². The Hall–Kier alpha value is -3.52. The third-order valence-corrected chi connectivity index (χ3v) is 7.19. The molecule has 0 saturated carbocycles. The molecule has 1 amide bonds. The zero-order valence-electron chi connectivity index (χ0n) is 18.7. The predicted octanol–water partition coefficient (Wildman–Crippen LogP) is 3.54. The van der Waals surface area contributed by atoms with Crippen LogP contribution in [0.1, 0.15) is 41.6 Å². The fourth-order valence-electron chi connectivity index (χ4n) is 5.22. The molecular formula is C25H22ClNO7. The Bertz CT molecular complexity index is 1300. The number of allylic oxidation sites excluding steroid dienone is 1. The molecule has 3 aliphatic rings. The van der Waals surface area contributed by atoms with Gasteiger partial charge >= 0.3 is 0 Å². The molecule has 5 rings (SSSR count). The van der Waals surface area contributed by atoms with Crippen molar-refractivity contribution in [3.05, 3.63) is 57.8 Å². The summed E-state index contributed by atoms with van der Waals surface area (Å²) >= 11 is 6.48. The van der Waals surface area contributed by atoms with Crippen molar-refractivity contribution in [1.29, 1.82) is 0 Å². The van der Waals surface area contributed by atoms with Crippen LogP contribution < -0.4 is 19.5 Å². The average molecular weight is 484 g/mol. The lowest BCUT2D eigenvalue weighted by Gasteiger charge is -2.41. The predicted molar refractivity (Wildman–Crippen MR) is 122 cm³/mol. The molecule has 2 aliphatic heterocycles. The number of methoxy groups -OCH3 is 2. The van der Waals surface area contributed by atoms with Gasteiger partial charge in [-0.3, -0.25) is 14.4 Å². The van der Waals surface area contributed by atoms with Crippen LogP contribution in [-0.2, 0) is 9.59 Å². The van der Waals surface area contributed by atoms with Gasteiger partial charge in [0.05, 0.1) is 14.2 Å². The number of hydrogen-bond donors (Lipinski definition) is 2. The van der Waals surface area contributed by atoms with Gasteiger partial charge in [-0.15, -0.1) is 0 Å². The van der Waals surface area contributed by atoms with Crippen molar-refractivity contribution >= 4 is 29.1 Å². The number of nitrogens with one attached hydrogen (secondary N) is 1. The van der Waals surface area contributed by atoms with Crippen molar-refractivity contribution in [2.75, 3.05) is 14.2 Å². The smallest absolute Gasteiger partial charge is 0.236 e. The van der Waals surface area contributed by atoms with Gasteiger partial charge in [-0.1, -0.05) is 30.7 Å². The fraction of sp³-hybridized carbons (Fsp3) is 0.320. The summed E-state index contributed by atoms with van der Waals surface area (Å²) in [7, 11) is 2.83. The first-order valence-electron chi connectivity index (χ1n) is 10.8. The topological polar surface area (TPSA) is 111 Å². The highest BCUT2D eigenvalue weighted by atomic mass is 35.5. The van der Waals surface area contributed by atoms with E-state index in [-0.39, 0.29) is 52.3 Å². The summed E-state index contributed by atoms with van der Waals surface area (Å²) in [5, 5.41) is 12.9. The number of carbonyl (C=O) groups is 3. The molecule has 0 bridgehead atoms. The highest BCUT2D eigenvalue weighted by Gasteiger charge is 2.63. The summed E-state index contributed by atoms with van der Waals surface area (Å²) in [6, 6.07) is 7.90. The van der Waals surface area contributed by atoms with Crippen molar-refractivity contribution in [3.63, 3.8) is 0 Å². The molecule has 1 aliphatic carbocycles. The minimum atomic E-state index is -1.86. The normalized spacial score (nSPS) is 25.6. The maximum Gasteiger partial charge on any atom is 0.236 e. The number of phenolic OH excluding ortho intramolecular Hbond substituents is 1. The van der Waals surface area contributed by atoms with Gasteiger partial charge in [-0.25, -0.2) is 0 Å². The number of carbonyl (C=O) groups excluding carboxylic acids is 3. The summed E-state index contributed by atoms with van der Waals surface area (Å²) < 4.78 is 16.9. The van der Waals surface area contributed by atoms with Crippen LogP contribution in [0, 0.1) is 5.92 Å². The maximum atomic E-state index is 14.2. The Labute approximate surface area is 200 Å². The molecule has 0 fully saturated rings. The van der Waals surface area contributed by atoms with E-state index >= 15 is 0 Å². The van der Waals surface area contributed by atoms with Gasteiger partial charge < -0.3 is 24.6 Å². The molecule has 0 unspecified atom stereocenters. The Morgan fingerprint density at radius 1 is 1.09 bits per heavy atom. The van der Waals surface area contributed by atoms with Crippen LogP contribution in [-0.4, -0.2) is 42.4 Å². The van der Waals surface area contributed by atoms with Gasteiger partial charge in [0.25, 0.3) is 0 Å².